The van der Waals surface area contributed by atoms with E-state index in [1.165, 1.54) is 6.26 Å². The van der Waals surface area contributed by atoms with Crippen LogP contribution in [0.15, 0.2) is 45.9 Å². The van der Waals surface area contributed by atoms with Crippen molar-refractivity contribution < 1.29 is 12.8 Å². The van der Waals surface area contributed by atoms with Gasteiger partial charge in [0, 0.05) is 12.5 Å². The number of rotatable bonds is 4. The van der Waals surface area contributed by atoms with E-state index in [1.54, 1.807) is 42.8 Å². The van der Waals surface area contributed by atoms with Gasteiger partial charge in [-0.3, -0.25) is 4.68 Å². The summed E-state index contributed by atoms with van der Waals surface area (Å²) >= 11 is 0. The largest absolute Gasteiger partial charge is 0.447 e. The van der Waals surface area contributed by atoms with Crippen LogP contribution in [0.4, 0.5) is 0 Å². The van der Waals surface area contributed by atoms with E-state index < -0.39 is 14.6 Å². The normalized spacial score (nSPS) is 13.1. The van der Waals surface area contributed by atoms with Crippen molar-refractivity contribution in [1.82, 2.24) is 14.8 Å². The molecule has 6 nitrogen and oxygen atoms in total. The number of benzene rings is 1. The quantitative estimate of drug-likeness (QED) is 0.648. The molecule has 0 atom stereocenters. The number of nitrogens with zero attached hydrogens (tertiary/aromatic N) is 3. The van der Waals surface area contributed by atoms with Crippen LogP contribution >= 0.6 is 0 Å². The molecule has 2 heterocycles. The van der Waals surface area contributed by atoms with E-state index in [1.807, 2.05) is 20.0 Å². The highest BCUT2D eigenvalue weighted by Gasteiger charge is 2.42. The standard InChI is InChI=1S/C21H27N3O3S/c1-14-8-10-15(11-9-14)28(25,26)21(5,6)19-22-16(13-27-19)17-12-18(20(2,3)4)23-24(17)7/h8-13H,1-7H3. The fraction of sp³-hybridized carbons (Fsp3) is 0.429. The second-order valence-corrected chi connectivity index (χ2v) is 11.2. The van der Waals surface area contributed by atoms with Gasteiger partial charge in [0.15, 0.2) is 9.84 Å². The van der Waals surface area contributed by atoms with Gasteiger partial charge >= 0.3 is 0 Å². The molecule has 0 aliphatic carbocycles. The molecule has 0 aliphatic rings. The highest BCUT2D eigenvalue weighted by Crippen LogP contribution is 2.36. The summed E-state index contributed by atoms with van der Waals surface area (Å²) in [6.07, 6.45) is 1.49. The molecule has 28 heavy (non-hydrogen) atoms. The molecule has 0 saturated carbocycles. The number of aryl methyl sites for hydroxylation is 2. The number of hydrogen-bond acceptors (Lipinski definition) is 5. The Kier molecular flexibility index (Phi) is 4.78. The summed E-state index contributed by atoms with van der Waals surface area (Å²) in [4.78, 5) is 4.76. The molecule has 0 aliphatic heterocycles. The zero-order valence-electron chi connectivity index (χ0n) is 17.4. The van der Waals surface area contributed by atoms with Crippen LogP contribution in [0.5, 0.6) is 0 Å². The van der Waals surface area contributed by atoms with E-state index in [-0.39, 0.29) is 16.2 Å². The second kappa shape index (κ2) is 6.58. The molecule has 150 valence electrons. The van der Waals surface area contributed by atoms with Crippen molar-refractivity contribution in [2.24, 2.45) is 7.05 Å². The monoisotopic (exact) mass is 401 g/mol. The zero-order valence-corrected chi connectivity index (χ0v) is 18.3. The van der Waals surface area contributed by atoms with Gasteiger partial charge in [-0.1, -0.05) is 38.5 Å². The fourth-order valence-corrected chi connectivity index (χ4v) is 4.28. The van der Waals surface area contributed by atoms with Crippen molar-refractivity contribution in [3.05, 3.63) is 53.7 Å². The van der Waals surface area contributed by atoms with Gasteiger partial charge in [-0.2, -0.15) is 5.10 Å². The first-order chi connectivity index (χ1) is 12.8. The highest BCUT2D eigenvalue weighted by atomic mass is 32.2. The topological polar surface area (TPSA) is 78.0 Å². The van der Waals surface area contributed by atoms with Crippen LogP contribution < -0.4 is 0 Å². The van der Waals surface area contributed by atoms with Crippen LogP contribution in [-0.2, 0) is 27.0 Å². The third kappa shape index (κ3) is 3.39. The van der Waals surface area contributed by atoms with E-state index in [0.29, 0.717) is 5.69 Å². The molecule has 0 fully saturated rings. The first-order valence-electron chi connectivity index (χ1n) is 9.16. The summed E-state index contributed by atoms with van der Waals surface area (Å²) in [5.41, 5.74) is 3.18. The molecule has 0 amide bonds. The Morgan fingerprint density at radius 2 is 1.64 bits per heavy atom. The van der Waals surface area contributed by atoms with Crippen molar-refractivity contribution in [2.75, 3.05) is 0 Å². The number of sulfone groups is 1. The lowest BCUT2D eigenvalue weighted by molar-refractivity contribution is 0.431. The maximum Gasteiger partial charge on any atom is 0.215 e. The van der Waals surface area contributed by atoms with Gasteiger partial charge in [-0.15, -0.1) is 0 Å². The smallest absolute Gasteiger partial charge is 0.215 e. The minimum absolute atomic E-state index is 0.101. The Labute approximate surface area is 166 Å². The maximum absolute atomic E-state index is 13.2. The molecule has 0 bridgehead atoms. The Morgan fingerprint density at radius 1 is 1.04 bits per heavy atom. The molecule has 0 N–H and O–H groups in total. The van der Waals surface area contributed by atoms with Gasteiger partial charge in [-0.25, -0.2) is 13.4 Å². The van der Waals surface area contributed by atoms with Crippen LogP contribution in [-0.4, -0.2) is 23.2 Å². The molecule has 3 aromatic rings. The zero-order chi connectivity index (χ0) is 20.9. The Morgan fingerprint density at radius 3 is 2.18 bits per heavy atom. The van der Waals surface area contributed by atoms with Crippen LogP contribution in [0.2, 0.25) is 0 Å². The number of aromatic nitrogens is 3. The lowest BCUT2D eigenvalue weighted by Gasteiger charge is -2.21. The summed E-state index contributed by atoms with van der Waals surface area (Å²) < 4.78 is 32.5. The van der Waals surface area contributed by atoms with Crippen molar-refractivity contribution in [2.45, 2.75) is 56.6 Å². The SMILES string of the molecule is Cc1ccc(S(=O)(=O)C(C)(C)c2nc(-c3cc(C(C)(C)C)nn3C)co2)cc1. The summed E-state index contributed by atoms with van der Waals surface area (Å²) in [6.45, 7) is 11.4. The predicted octanol–water partition coefficient (Wildman–Crippen LogP) is 4.39. The van der Waals surface area contributed by atoms with E-state index in [0.717, 1.165) is 17.0 Å². The molecule has 0 radical (unpaired) electrons. The van der Waals surface area contributed by atoms with Gasteiger partial charge in [0.1, 0.15) is 16.7 Å². The second-order valence-electron chi connectivity index (χ2n) is 8.65. The van der Waals surface area contributed by atoms with Gasteiger partial charge in [0.2, 0.25) is 5.89 Å². The average molecular weight is 402 g/mol. The minimum Gasteiger partial charge on any atom is -0.447 e. The molecular weight excluding hydrogens is 374 g/mol. The Bertz CT molecular complexity index is 1100. The maximum atomic E-state index is 13.2. The van der Waals surface area contributed by atoms with E-state index in [9.17, 15) is 8.42 Å². The van der Waals surface area contributed by atoms with E-state index >= 15 is 0 Å². The van der Waals surface area contributed by atoms with Crippen molar-refractivity contribution in [3.8, 4) is 11.4 Å². The lowest BCUT2D eigenvalue weighted by atomic mass is 9.92. The van der Waals surface area contributed by atoms with Gasteiger partial charge in [-0.05, 0) is 39.0 Å². The van der Waals surface area contributed by atoms with Crippen LogP contribution in [0.3, 0.4) is 0 Å². The molecule has 0 unspecified atom stereocenters. The van der Waals surface area contributed by atoms with E-state index in [2.05, 4.69) is 30.9 Å². The molecule has 7 heteroatoms. The fourth-order valence-electron chi connectivity index (χ4n) is 2.87. The van der Waals surface area contributed by atoms with Crippen LogP contribution in [0.1, 0.15) is 51.8 Å². The summed E-state index contributed by atoms with van der Waals surface area (Å²) in [6, 6.07) is 8.77. The first kappa shape index (κ1) is 20.3. The van der Waals surface area contributed by atoms with Crippen molar-refractivity contribution in [1.29, 1.82) is 0 Å². The summed E-state index contributed by atoms with van der Waals surface area (Å²) in [5, 5.41) is 4.55. The lowest BCUT2D eigenvalue weighted by Crippen LogP contribution is -2.29. The summed E-state index contributed by atoms with van der Waals surface area (Å²) in [7, 11) is -1.84. The molecule has 1 aromatic carbocycles. The Hall–Kier alpha value is -2.41. The van der Waals surface area contributed by atoms with Crippen LogP contribution in [0, 0.1) is 6.92 Å². The van der Waals surface area contributed by atoms with Crippen molar-refractivity contribution in [3.63, 3.8) is 0 Å². The number of oxazole rings is 1. The average Bonchev–Trinajstić information content (AvgIpc) is 3.21. The Balaban J connectivity index is 2.01. The van der Waals surface area contributed by atoms with Gasteiger partial charge < -0.3 is 4.42 Å². The minimum atomic E-state index is -3.68. The first-order valence-corrected chi connectivity index (χ1v) is 10.6. The van der Waals surface area contributed by atoms with E-state index in [4.69, 9.17) is 4.42 Å². The third-order valence-corrected chi connectivity index (χ3v) is 7.34. The molecule has 2 aromatic heterocycles. The molecular formula is C21H27N3O3S. The molecule has 0 saturated heterocycles. The third-order valence-electron chi connectivity index (χ3n) is 4.93. The van der Waals surface area contributed by atoms with Crippen molar-refractivity contribution >= 4 is 9.84 Å². The molecule has 0 spiro atoms. The molecule has 3 rings (SSSR count). The summed E-state index contributed by atoms with van der Waals surface area (Å²) in [5.74, 6) is 0.154. The highest BCUT2D eigenvalue weighted by molar-refractivity contribution is 7.92. The predicted molar refractivity (Wildman–Crippen MR) is 109 cm³/mol. The number of hydrogen-bond donors (Lipinski definition) is 0. The van der Waals surface area contributed by atoms with Gasteiger partial charge in [0.05, 0.1) is 16.3 Å². The van der Waals surface area contributed by atoms with Crippen LogP contribution in [0.25, 0.3) is 11.4 Å². The van der Waals surface area contributed by atoms with Gasteiger partial charge in [0.25, 0.3) is 0 Å².